The Labute approximate surface area is 115 Å². The zero-order valence-electron chi connectivity index (χ0n) is 9.85. The van der Waals surface area contributed by atoms with E-state index in [9.17, 15) is 18.0 Å². The lowest BCUT2D eigenvalue weighted by Gasteiger charge is -2.07. The molecule has 0 saturated carbocycles. The van der Waals surface area contributed by atoms with Gasteiger partial charge in [0.2, 0.25) is 5.91 Å². The highest BCUT2D eigenvalue weighted by molar-refractivity contribution is 8.15. The first-order valence-electron chi connectivity index (χ1n) is 5.32. The normalized spacial score (nSPS) is 17.2. The number of ether oxygens (including phenoxy) is 1. The summed E-state index contributed by atoms with van der Waals surface area (Å²) in [6.45, 7) is -3.07. The van der Waals surface area contributed by atoms with Gasteiger partial charge >= 0.3 is 6.61 Å². The first-order chi connectivity index (χ1) is 9.54. The standard InChI is InChI=1S/C11H8F3N3O2S/c12-7-2-1-6(8(3-7)19-10(13)14)4-15-17-11-16-9(18)5-20-11/h1-4,10H,5H2,(H,16,17,18). The monoisotopic (exact) mass is 303 g/mol. The molecule has 1 N–H and O–H groups in total. The van der Waals surface area contributed by atoms with E-state index < -0.39 is 12.4 Å². The Morgan fingerprint density at radius 1 is 1.45 bits per heavy atom. The van der Waals surface area contributed by atoms with Crippen LogP contribution in [0.3, 0.4) is 0 Å². The third-order valence-corrected chi connectivity index (χ3v) is 2.99. The number of halogens is 3. The highest BCUT2D eigenvalue weighted by atomic mass is 32.2. The number of rotatable bonds is 4. The second-order valence-electron chi connectivity index (χ2n) is 3.55. The quantitative estimate of drug-likeness (QED) is 0.683. The van der Waals surface area contributed by atoms with Crippen LogP contribution in [0.2, 0.25) is 0 Å². The molecule has 1 aliphatic heterocycles. The third kappa shape index (κ3) is 3.98. The van der Waals surface area contributed by atoms with Gasteiger partial charge in [-0.3, -0.25) is 4.79 Å². The number of carbonyl (C=O) groups excluding carboxylic acids is 1. The largest absolute Gasteiger partial charge is 0.434 e. The van der Waals surface area contributed by atoms with Crippen LogP contribution in [0.25, 0.3) is 0 Å². The number of thioether (sulfide) groups is 1. The van der Waals surface area contributed by atoms with Crippen molar-refractivity contribution in [3.63, 3.8) is 0 Å². The lowest BCUT2D eigenvalue weighted by molar-refractivity contribution is -0.116. The summed E-state index contributed by atoms with van der Waals surface area (Å²) in [5, 5.41) is 10.1. The van der Waals surface area contributed by atoms with Crippen LogP contribution < -0.4 is 10.1 Å². The molecule has 0 atom stereocenters. The van der Waals surface area contributed by atoms with Gasteiger partial charge < -0.3 is 10.1 Å². The lowest BCUT2D eigenvalue weighted by Crippen LogP contribution is -2.19. The molecule has 1 fully saturated rings. The van der Waals surface area contributed by atoms with Gasteiger partial charge in [-0.15, -0.1) is 5.10 Å². The van der Waals surface area contributed by atoms with E-state index in [2.05, 4.69) is 20.3 Å². The predicted octanol–water partition coefficient (Wildman–Crippen LogP) is 1.98. The van der Waals surface area contributed by atoms with Crippen molar-refractivity contribution in [2.45, 2.75) is 6.61 Å². The van der Waals surface area contributed by atoms with Crippen LogP contribution in [0.15, 0.2) is 28.4 Å². The summed E-state index contributed by atoms with van der Waals surface area (Å²) in [6, 6.07) is 3.14. The maximum Gasteiger partial charge on any atom is 0.387 e. The predicted molar refractivity (Wildman–Crippen MR) is 68.7 cm³/mol. The van der Waals surface area contributed by atoms with Crippen LogP contribution in [0.1, 0.15) is 5.56 Å². The molecule has 1 aliphatic rings. The van der Waals surface area contributed by atoms with Gasteiger partial charge in [-0.05, 0) is 12.1 Å². The Bertz CT molecular complexity index is 578. The Hall–Kier alpha value is -2.03. The summed E-state index contributed by atoms with van der Waals surface area (Å²) >= 11 is 1.17. The number of nitrogens with zero attached hydrogens (tertiary/aromatic N) is 2. The number of hydrogen-bond acceptors (Lipinski definition) is 5. The second kappa shape index (κ2) is 6.42. The van der Waals surface area contributed by atoms with Crippen molar-refractivity contribution in [2.24, 2.45) is 10.2 Å². The minimum absolute atomic E-state index is 0.144. The fourth-order valence-corrected chi connectivity index (χ4v) is 1.97. The summed E-state index contributed by atoms with van der Waals surface area (Å²) in [5.74, 6) is -0.979. The van der Waals surface area contributed by atoms with E-state index in [0.29, 0.717) is 5.17 Å². The molecule has 2 rings (SSSR count). The van der Waals surface area contributed by atoms with E-state index in [1.165, 1.54) is 17.8 Å². The molecular formula is C11H8F3N3O2S. The van der Waals surface area contributed by atoms with Gasteiger partial charge in [0.1, 0.15) is 11.6 Å². The van der Waals surface area contributed by atoms with Crippen molar-refractivity contribution in [3.8, 4) is 5.75 Å². The number of benzene rings is 1. The summed E-state index contributed by atoms with van der Waals surface area (Å²) in [5.41, 5.74) is 0.144. The molecule has 20 heavy (non-hydrogen) atoms. The van der Waals surface area contributed by atoms with E-state index in [1.54, 1.807) is 0 Å². The van der Waals surface area contributed by atoms with Gasteiger partial charge in [0, 0.05) is 11.6 Å². The Kier molecular flexibility index (Phi) is 4.61. The van der Waals surface area contributed by atoms with Crippen LogP contribution in [-0.4, -0.2) is 29.7 Å². The molecule has 106 valence electrons. The minimum atomic E-state index is -3.07. The molecule has 1 saturated heterocycles. The molecule has 1 aromatic carbocycles. The van der Waals surface area contributed by atoms with E-state index in [1.807, 2.05) is 0 Å². The maximum atomic E-state index is 13.0. The molecular weight excluding hydrogens is 295 g/mol. The topological polar surface area (TPSA) is 63.0 Å². The van der Waals surface area contributed by atoms with Crippen LogP contribution >= 0.6 is 11.8 Å². The van der Waals surface area contributed by atoms with E-state index in [-0.39, 0.29) is 23.0 Å². The number of hydrogen-bond donors (Lipinski definition) is 1. The molecule has 0 radical (unpaired) electrons. The molecule has 5 nitrogen and oxygen atoms in total. The first-order valence-corrected chi connectivity index (χ1v) is 6.31. The molecule has 0 spiro atoms. The maximum absolute atomic E-state index is 13.0. The van der Waals surface area contributed by atoms with Crippen molar-refractivity contribution in [2.75, 3.05) is 5.75 Å². The number of amidine groups is 1. The molecule has 0 aliphatic carbocycles. The zero-order valence-corrected chi connectivity index (χ0v) is 10.7. The van der Waals surface area contributed by atoms with Crippen molar-refractivity contribution < 1.29 is 22.7 Å². The van der Waals surface area contributed by atoms with Gasteiger partial charge in [-0.1, -0.05) is 11.8 Å². The van der Waals surface area contributed by atoms with Gasteiger partial charge in [-0.2, -0.15) is 13.9 Å². The summed E-state index contributed by atoms with van der Waals surface area (Å²) in [4.78, 5) is 10.9. The van der Waals surface area contributed by atoms with Crippen LogP contribution in [0.4, 0.5) is 13.2 Å². The minimum Gasteiger partial charge on any atom is -0.434 e. The van der Waals surface area contributed by atoms with Crippen molar-refractivity contribution in [3.05, 3.63) is 29.6 Å². The van der Waals surface area contributed by atoms with Gasteiger partial charge in [0.25, 0.3) is 0 Å². The van der Waals surface area contributed by atoms with E-state index >= 15 is 0 Å². The molecule has 9 heteroatoms. The number of carbonyl (C=O) groups is 1. The number of amides is 1. The van der Waals surface area contributed by atoms with Crippen LogP contribution in [0, 0.1) is 5.82 Å². The third-order valence-electron chi connectivity index (χ3n) is 2.12. The Morgan fingerprint density at radius 3 is 2.90 bits per heavy atom. The highest BCUT2D eigenvalue weighted by Crippen LogP contribution is 2.20. The van der Waals surface area contributed by atoms with E-state index in [0.717, 1.165) is 18.3 Å². The molecule has 0 unspecified atom stereocenters. The highest BCUT2D eigenvalue weighted by Gasteiger charge is 2.16. The molecule has 1 heterocycles. The van der Waals surface area contributed by atoms with Crippen molar-refractivity contribution >= 4 is 29.1 Å². The Balaban J connectivity index is 2.14. The summed E-state index contributed by atoms with van der Waals surface area (Å²) < 4.78 is 41.5. The van der Waals surface area contributed by atoms with Crippen LogP contribution in [-0.2, 0) is 4.79 Å². The van der Waals surface area contributed by atoms with E-state index in [4.69, 9.17) is 0 Å². The average molecular weight is 303 g/mol. The van der Waals surface area contributed by atoms with Gasteiger partial charge in [0.05, 0.1) is 12.0 Å². The van der Waals surface area contributed by atoms with Gasteiger partial charge in [-0.25, -0.2) is 4.39 Å². The average Bonchev–Trinajstić information content (AvgIpc) is 2.77. The molecule has 1 aromatic rings. The first kappa shape index (κ1) is 14.4. The fraction of sp³-hybridized carbons (Fsp3) is 0.182. The SMILES string of the molecule is O=C1CSC(=NN=Cc2ccc(F)cc2OC(F)F)N1. The summed E-state index contributed by atoms with van der Waals surface area (Å²) in [6.07, 6.45) is 1.13. The number of nitrogens with one attached hydrogen (secondary N) is 1. The van der Waals surface area contributed by atoms with Crippen molar-refractivity contribution in [1.82, 2.24) is 5.32 Å². The zero-order chi connectivity index (χ0) is 14.5. The lowest BCUT2D eigenvalue weighted by atomic mass is 10.2. The second-order valence-corrected chi connectivity index (χ2v) is 4.51. The number of alkyl halides is 2. The van der Waals surface area contributed by atoms with Crippen molar-refractivity contribution in [1.29, 1.82) is 0 Å². The Morgan fingerprint density at radius 2 is 2.25 bits per heavy atom. The smallest absolute Gasteiger partial charge is 0.387 e. The molecule has 1 amide bonds. The van der Waals surface area contributed by atoms with Gasteiger partial charge in [0.15, 0.2) is 5.17 Å². The summed E-state index contributed by atoms with van der Waals surface area (Å²) in [7, 11) is 0. The fourth-order valence-electron chi connectivity index (χ4n) is 1.34. The van der Waals surface area contributed by atoms with Crippen LogP contribution in [0.5, 0.6) is 5.75 Å². The molecule has 0 bridgehead atoms. The molecule has 0 aromatic heterocycles.